The van der Waals surface area contributed by atoms with Crippen LogP contribution in [0.2, 0.25) is 0 Å². The molecule has 1 aliphatic rings. The molecular weight excluding hydrogens is 122 g/mol. The third-order valence-corrected chi connectivity index (χ3v) is 0.813. The van der Waals surface area contributed by atoms with E-state index >= 15 is 0 Å². The molecule has 0 aromatic carbocycles. The number of hydrogen-bond acceptors (Lipinski definition) is 3. The molecule has 1 aliphatic heterocycles. The molecule has 0 aliphatic carbocycles. The molecule has 1 radical (unpaired) electrons. The molecule has 1 atom stereocenters. The standard InChI is InChI=1S/C5H4NO3/c7-6(8)5-3-1-2-4-9-5/h1-2,4-5H. The van der Waals surface area contributed by atoms with Crippen LogP contribution in [0.5, 0.6) is 0 Å². The van der Waals surface area contributed by atoms with Crippen molar-refractivity contribution in [2.24, 2.45) is 0 Å². The summed E-state index contributed by atoms with van der Waals surface area (Å²) in [6, 6.07) is 0. The normalized spacial score (nSPS) is 23.3. The summed E-state index contributed by atoms with van der Waals surface area (Å²) in [5.74, 6) is 0. The lowest BCUT2D eigenvalue weighted by molar-refractivity contribution is -0.557. The minimum atomic E-state index is -1.12. The highest BCUT2D eigenvalue weighted by molar-refractivity contribution is 5.00. The van der Waals surface area contributed by atoms with Crippen molar-refractivity contribution in [3.63, 3.8) is 0 Å². The van der Waals surface area contributed by atoms with E-state index in [0.29, 0.717) is 0 Å². The first kappa shape index (κ1) is 5.81. The topological polar surface area (TPSA) is 52.4 Å². The number of nitro groups is 1. The Morgan fingerprint density at radius 3 is 2.89 bits per heavy atom. The lowest BCUT2D eigenvalue weighted by Gasteiger charge is -2.04. The Morgan fingerprint density at radius 1 is 1.78 bits per heavy atom. The van der Waals surface area contributed by atoms with Gasteiger partial charge in [-0.1, -0.05) is 0 Å². The van der Waals surface area contributed by atoms with E-state index in [4.69, 9.17) is 0 Å². The van der Waals surface area contributed by atoms with E-state index in [0.717, 1.165) is 0 Å². The molecule has 4 nitrogen and oxygen atoms in total. The molecular formula is C5H4NO3. The van der Waals surface area contributed by atoms with Crippen molar-refractivity contribution in [1.29, 1.82) is 0 Å². The first-order valence-electron chi connectivity index (χ1n) is 2.34. The molecule has 0 fully saturated rings. The van der Waals surface area contributed by atoms with Gasteiger partial charge in [0.15, 0.2) is 0 Å². The van der Waals surface area contributed by atoms with Gasteiger partial charge < -0.3 is 4.74 Å². The third-order valence-electron chi connectivity index (χ3n) is 0.813. The van der Waals surface area contributed by atoms with Crippen LogP contribution in [0.1, 0.15) is 0 Å². The minimum absolute atomic E-state index is 0.556. The van der Waals surface area contributed by atoms with Gasteiger partial charge in [0.2, 0.25) is 0 Å². The second-order valence-corrected chi connectivity index (χ2v) is 1.44. The van der Waals surface area contributed by atoms with E-state index in [9.17, 15) is 10.1 Å². The average molecular weight is 126 g/mol. The molecule has 0 amide bonds. The molecule has 0 spiro atoms. The van der Waals surface area contributed by atoms with Crippen LogP contribution in [0, 0.1) is 16.2 Å². The fourth-order valence-corrected chi connectivity index (χ4v) is 0.447. The number of rotatable bonds is 1. The molecule has 47 valence electrons. The highest BCUT2D eigenvalue weighted by Crippen LogP contribution is 2.00. The van der Waals surface area contributed by atoms with Gasteiger partial charge in [-0.3, -0.25) is 10.1 Å². The largest absolute Gasteiger partial charge is 0.434 e. The van der Waals surface area contributed by atoms with Gasteiger partial charge in [-0.15, -0.1) is 0 Å². The Labute approximate surface area is 51.6 Å². The predicted octanol–water partition coefficient (Wildman–Crippen LogP) is 0.492. The van der Waals surface area contributed by atoms with Crippen molar-refractivity contribution >= 4 is 0 Å². The van der Waals surface area contributed by atoms with Crippen LogP contribution in [-0.2, 0) is 4.74 Å². The molecule has 4 heteroatoms. The highest BCUT2D eigenvalue weighted by Gasteiger charge is 2.16. The Bertz CT molecular complexity index is 173. The molecule has 0 aromatic heterocycles. The van der Waals surface area contributed by atoms with Crippen molar-refractivity contribution in [2.45, 2.75) is 6.23 Å². The molecule has 1 unspecified atom stereocenters. The van der Waals surface area contributed by atoms with Crippen molar-refractivity contribution in [1.82, 2.24) is 0 Å². The monoisotopic (exact) mass is 126 g/mol. The molecule has 0 aromatic rings. The summed E-state index contributed by atoms with van der Waals surface area (Å²) >= 11 is 0. The van der Waals surface area contributed by atoms with Crippen LogP contribution in [0.25, 0.3) is 0 Å². The second kappa shape index (κ2) is 2.30. The molecule has 1 heterocycles. The predicted molar refractivity (Wildman–Crippen MR) is 28.8 cm³/mol. The zero-order valence-corrected chi connectivity index (χ0v) is 4.48. The van der Waals surface area contributed by atoms with E-state index in [-0.39, 0.29) is 0 Å². The fraction of sp³-hybridized carbons (Fsp3) is 0.200. The second-order valence-electron chi connectivity index (χ2n) is 1.44. The molecule has 0 N–H and O–H groups in total. The van der Waals surface area contributed by atoms with Crippen molar-refractivity contribution in [3.8, 4) is 0 Å². The van der Waals surface area contributed by atoms with E-state index in [2.05, 4.69) is 10.8 Å². The number of ether oxygens (including phenoxy) is 1. The van der Waals surface area contributed by atoms with E-state index in [1.165, 1.54) is 12.3 Å². The van der Waals surface area contributed by atoms with Gasteiger partial charge in [-0.2, -0.15) is 0 Å². The van der Waals surface area contributed by atoms with Gasteiger partial charge in [0.1, 0.15) is 0 Å². The first-order chi connectivity index (χ1) is 4.30. The Morgan fingerprint density at radius 2 is 2.56 bits per heavy atom. The van der Waals surface area contributed by atoms with Crippen molar-refractivity contribution < 1.29 is 9.66 Å². The number of hydrogen-bond donors (Lipinski definition) is 0. The number of nitrogens with zero attached hydrogens (tertiary/aromatic N) is 1. The van der Waals surface area contributed by atoms with Crippen LogP contribution >= 0.6 is 0 Å². The lowest BCUT2D eigenvalue weighted by Crippen LogP contribution is -2.19. The van der Waals surface area contributed by atoms with E-state index in [1.54, 1.807) is 6.08 Å². The summed E-state index contributed by atoms with van der Waals surface area (Å²) in [5.41, 5.74) is 0. The van der Waals surface area contributed by atoms with Crippen molar-refractivity contribution in [3.05, 3.63) is 34.6 Å². The van der Waals surface area contributed by atoms with E-state index in [1.807, 2.05) is 0 Å². The lowest BCUT2D eigenvalue weighted by atomic mass is 10.4. The zero-order chi connectivity index (χ0) is 6.69. The van der Waals surface area contributed by atoms with Crippen LogP contribution in [0.15, 0.2) is 18.4 Å². The number of allylic oxidation sites excluding steroid dienone is 2. The Hall–Kier alpha value is -1.32. The highest BCUT2D eigenvalue weighted by atomic mass is 16.7. The van der Waals surface area contributed by atoms with Gasteiger partial charge >= 0.3 is 6.23 Å². The first-order valence-corrected chi connectivity index (χ1v) is 2.34. The molecule has 0 saturated carbocycles. The van der Waals surface area contributed by atoms with E-state index < -0.39 is 11.2 Å². The fourth-order valence-electron chi connectivity index (χ4n) is 0.447. The van der Waals surface area contributed by atoms with Crippen LogP contribution in [0.3, 0.4) is 0 Å². The molecule has 0 saturated heterocycles. The van der Waals surface area contributed by atoms with Gasteiger partial charge in [-0.05, 0) is 12.2 Å². The summed E-state index contributed by atoms with van der Waals surface area (Å²) in [6.45, 7) is 0. The Kier molecular flexibility index (Phi) is 1.48. The zero-order valence-electron chi connectivity index (χ0n) is 4.48. The van der Waals surface area contributed by atoms with Gasteiger partial charge in [-0.25, -0.2) is 0 Å². The van der Waals surface area contributed by atoms with Crippen LogP contribution < -0.4 is 0 Å². The van der Waals surface area contributed by atoms with Gasteiger partial charge in [0.25, 0.3) is 0 Å². The molecule has 9 heavy (non-hydrogen) atoms. The minimum Gasteiger partial charge on any atom is -0.434 e. The molecule has 1 rings (SSSR count). The van der Waals surface area contributed by atoms with Gasteiger partial charge in [0.05, 0.1) is 17.3 Å². The third kappa shape index (κ3) is 1.28. The summed E-state index contributed by atoms with van der Waals surface area (Å²) in [6.07, 6.45) is 5.53. The smallest absolute Gasteiger partial charge is 0.380 e. The summed E-state index contributed by atoms with van der Waals surface area (Å²) in [7, 11) is 0. The maximum atomic E-state index is 9.92. The Balaban J connectivity index is 2.56. The summed E-state index contributed by atoms with van der Waals surface area (Å²) in [4.78, 5) is 9.36. The average Bonchev–Trinajstić information content (AvgIpc) is 1.90. The summed E-state index contributed by atoms with van der Waals surface area (Å²) in [5, 5.41) is 9.92. The van der Waals surface area contributed by atoms with Crippen molar-refractivity contribution in [2.75, 3.05) is 0 Å². The summed E-state index contributed by atoms with van der Waals surface area (Å²) < 4.78 is 4.52. The maximum Gasteiger partial charge on any atom is 0.380 e. The van der Waals surface area contributed by atoms with Crippen LogP contribution in [0.4, 0.5) is 0 Å². The quantitative estimate of drug-likeness (QED) is 0.379. The van der Waals surface area contributed by atoms with Gasteiger partial charge in [0, 0.05) is 0 Å². The van der Waals surface area contributed by atoms with Crippen LogP contribution in [-0.4, -0.2) is 11.2 Å². The molecule has 0 bridgehead atoms. The maximum absolute atomic E-state index is 9.92. The SMILES string of the molecule is O=[N+]([O-])C1[C]=CC=CO1.